The molecule has 2 fully saturated rings. The van der Waals surface area contributed by atoms with Crippen molar-refractivity contribution in [1.29, 1.82) is 0 Å². The number of carbonyl (C=O) groups is 1. The highest BCUT2D eigenvalue weighted by Gasteiger charge is 2.51. The number of carbonyl (C=O) groups excluding carboxylic acids is 1. The second kappa shape index (κ2) is 6.18. The van der Waals surface area contributed by atoms with Crippen molar-refractivity contribution in [3.63, 3.8) is 0 Å². The molecule has 0 amide bonds. The molecule has 104 valence electrons. The summed E-state index contributed by atoms with van der Waals surface area (Å²) in [5.41, 5.74) is -0.413. The van der Waals surface area contributed by atoms with E-state index in [1.807, 2.05) is 0 Å². The van der Waals surface area contributed by atoms with Gasteiger partial charge in [0.2, 0.25) is 0 Å². The molecule has 2 saturated carbocycles. The van der Waals surface area contributed by atoms with Gasteiger partial charge in [-0.2, -0.15) is 0 Å². The van der Waals surface area contributed by atoms with Crippen molar-refractivity contribution in [2.75, 3.05) is 7.11 Å². The average molecular weight is 252 g/mol. The normalized spacial score (nSPS) is 33.1. The van der Waals surface area contributed by atoms with Gasteiger partial charge in [0.05, 0.1) is 0 Å². The lowest BCUT2D eigenvalue weighted by atomic mass is 9.76. The predicted octanol–water partition coefficient (Wildman–Crippen LogP) is 4.12. The number of hydrogen-bond donors (Lipinski definition) is 0. The molecule has 2 nitrogen and oxygen atoms in total. The Morgan fingerprint density at radius 1 is 1.22 bits per heavy atom. The molecule has 2 heteroatoms. The second-order valence-corrected chi connectivity index (χ2v) is 6.16. The van der Waals surface area contributed by atoms with Crippen LogP contribution >= 0.6 is 0 Å². The molecular formula is C16H28O2. The molecule has 0 aliphatic heterocycles. The van der Waals surface area contributed by atoms with Crippen LogP contribution in [0.25, 0.3) is 0 Å². The molecule has 0 aromatic carbocycles. The second-order valence-electron chi connectivity index (χ2n) is 6.16. The van der Waals surface area contributed by atoms with Gasteiger partial charge in [-0.15, -0.1) is 0 Å². The van der Waals surface area contributed by atoms with E-state index >= 15 is 0 Å². The van der Waals surface area contributed by atoms with E-state index in [2.05, 4.69) is 6.92 Å². The zero-order chi connectivity index (χ0) is 13.0. The third-order valence-corrected chi connectivity index (χ3v) is 5.22. The number of Topliss-reactive ketones (excluding diaryl/α,β-unsaturated/α-hetero) is 1. The maximum Gasteiger partial charge on any atom is 0.164 e. The summed E-state index contributed by atoms with van der Waals surface area (Å²) < 4.78 is 5.83. The Morgan fingerprint density at radius 2 is 1.94 bits per heavy atom. The Morgan fingerprint density at radius 3 is 2.56 bits per heavy atom. The van der Waals surface area contributed by atoms with Crippen LogP contribution in [-0.2, 0) is 9.53 Å². The first-order valence-corrected chi connectivity index (χ1v) is 7.83. The fraction of sp³-hybridized carbons (Fsp3) is 0.938. The number of ether oxygens (including phenoxy) is 1. The van der Waals surface area contributed by atoms with Crippen molar-refractivity contribution < 1.29 is 9.53 Å². The van der Waals surface area contributed by atoms with Gasteiger partial charge >= 0.3 is 0 Å². The van der Waals surface area contributed by atoms with Crippen LogP contribution in [0.15, 0.2) is 0 Å². The minimum absolute atomic E-state index is 0.390. The van der Waals surface area contributed by atoms with Crippen LogP contribution in [0.5, 0.6) is 0 Å². The van der Waals surface area contributed by atoms with Crippen LogP contribution < -0.4 is 0 Å². The summed E-state index contributed by atoms with van der Waals surface area (Å²) >= 11 is 0. The molecule has 2 aliphatic carbocycles. The Labute approximate surface area is 111 Å². The van der Waals surface area contributed by atoms with Gasteiger partial charge in [0.1, 0.15) is 5.60 Å². The molecule has 2 aliphatic rings. The van der Waals surface area contributed by atoms with Crippen molar-refractivity contribution in [3.05, 3.63) is 0 Å². The molecular weight excluding hydrogens is 224 g/mol. The summed E-state index contributed by atoms with van der Waals surface area (Å²) in [6.07, 6.45) is 11.5. The fourth-order valence-electron chi connectivity index (χ4n) is 4.24. The summed E-state index contributed by atoms with van der Waals surface area (Å²) in [7, 11) is 1.76. The lowest BCUT2D eigenvalue weighted by molar-refractivity contribution is -0.148. The predicted molar refractivity (Wildman–Crippen MR) is 73.6 cm³/mol. The molecule has 0 spiro atoms. The first-order chi connectivity index (χ1) is 8.74. The molecule has 0 saturated heterocycles. The lowest BCUT2D eigenvalue weighted by Crippen LogP contribution is -2.46. The Bertz CT molecular complexity index is 281. The number of hydrogen-bond acceptors (Lipinski definition) is 2. The van der Waals surface area contributed by atoms with Crippen molar-refractivity contribution in [2.45, 2.75) is 76.7 Å². The molecule has 0 radical (unpaired) electrons. The van der Waals surface area contributed by atoms with Crippen molar-refractivity contribution in [3.8, 4) is 0 Å². The van der Waals surface area contributed by atoms with Gasteiger partial charge in [0, 0.05) is 13.5 Å². The smallest absolute Gasteiger partial charge is 0.164 e. The first-order valence-electron chi connectivity index (χ1n) is 7.83. The van der Waals surface area contributed by atoms with Gasteiger partial charge in [0.15, 0.2) is 5.78 Å². The van der Waals surface area contributed by atoms with E-state index < -0.39 is 5.60 Å². The highest BCUT2D eigenvalue weighted by Crippen LogP contribution is 2.48. The summed E-state index contributed by atoms with van der Waals surface area (Å²) in [6.45, 7) is 2.15. The Balaban J connectivity index is 2.10. The van der Waals surface area contributed by atoms with Gasteiger partial charge < -0.3 is 4.74 Å². The zero-order valence-corrected chi connectivity index (χ0v) is 12.0. The number of ketones is 1. The van der Waals surface area contributed by atoms with Crippen molar-refractivity contribution in [2.24, 2.45) is 11.8 Å². The zero-order valence-electron chi connectivity index (χ0n) is 12.0. The van der Waals surface area contributed by atoms with Gasteiger partial charge in [-0.1, -0.05) is 39.0 Å². The van der Waals surface area contributed by atoms with Gasteiger partial charge in [-0.25, -0.2) is 0 Å². The highest BCUT2D eigenvalue weighted by molar-refractivity contribution is 5.88. The molecule has 0 aromatic rings. The number of rotatable bonds is 6. The molecule has 2 unspecified atom stereocenters. The van der Waals surface area contributed by atoms with Crippen molar-refractivity contribution >= 4 is 5.78 Å². The van der Waals surface area contributed by atoms with E-state index in [-0.39, 0.29) is 0 Å². The quantitative estimate of drug-likeness (QED) is 0.710. The maximum absolute atomic E-state index is 12.6. The van der Waals surface area contributed by atoms with E-state index in [0.29, 0.717) is 18.1 Å². The Hall–Kier alpha value is -0.370. The fourth-order valence-corrected chi connectivity index (χ4v) is 4.24. The third-order valence-electron chi connectivity index (χ3n) is 5.22. The molecule has 0 bridgehead atoms. The highest BCUT2D eigenvalue weighted by atomic mass is 16.5. The topological polar surface area (TPSA) is 26.3 Å². The van der Waals surface area contributed by atoms with Crippen LogP contribution in [0.4, 0.5) is 0 Å². The lowest BCUT2D eigenvalue weighted by Gasteiger charge is -2.36. The van der Waals surface area contributed by atoms with E-state index in [9.17, 15) is 4.79 Å². The van der Waals surface area contributed by atoms with Gasteiger partial charge in [-0.05, 0) is 37.5 Å². The standard InChI is InChI=1S/C16H28O2/c1-3-4-11-15(17)16(18-2)12-7-10-14(16)13-8-5-6-9-13/h13-14H,3-12H2,1-2H3. The minimum Gasteiger partial charge on any atom is -0.370 e. The summed E-state index contributed by atoms with van der Waals surface area (Å²) in [4.78, 5) is 12.6. The first kappa shape index (κ1) is 14.0. The molecule has 2 atom stereocenters. The average Bonchev–Trinajstić information content (AvgIpc) is 3.03. The van der Waals surface area contributed by atoms with Gasteiger partial charge in [-0.3, -0.25) is 4.79 Å². The molecule has 0 heterocycles. The SMILES string of the molecule is CCCCC(=O)C1(OC)CCCC1C1CCCC1. The molecule has 0 aromatic heterocycles. The summed E-state index contributed by atoms with van der Waals surface area (Å²) in [5, 5.41) is 0. The number of methoxy groups -OCH3 is 1. The third kappa shape index (κ3) is 2.49. The Kier molecular flexibility index (Phi) is 4.83. The van der Waals surface area contributed by atoms with Gasteiger partial charge in [0.25, 0.3) is 0 Å². The molecule has 18 heavy (non-hydrogen) atoms. The number of unbranched alkanes of at least 4 members (excludes halogenated alkanes) is 1. The van der Waals surface area contributed by atoms with E-state index in [0.717, 1.165) is 25.2 Å². The van der Waals surface area contributed by atoms with Crippen LogP contribution in [0.1, 0.15) is 71.1 Å². The van der Waals surface area contributed by atoms with E-state index in [1.165, 1.54) is 38.5 Å². The maximum atomic E-state index is 12.6. The van der Waals surface area contributed by atoms with Crippen LogP contribution in [0.3, 0.4) is 0 Å². The van der Waals surface area contributed by atoms with E-state index in [1.54, 1.807) is 7.11 Å². The van der Waals surface area contributed by atoms with Crippen LogP contribution in [0.2, 0.25) is 0 Å². The largest absolute Gasteiger partial charge is 0.370 e. The van der Waals surface area contributed by atoms with Crippen LogP contribution in [0, 0.1) is 11.8 Å². The summed E-state index contributed by atoms with van der Waals surface area (Å²) in [6, 6.07) is 0. The minimum atomic E-state index is -0.413. The molecule has 2 rings (SSSR count). The van der Waals surface area contributed by atoms with E-state index in [4.69, 9.17) is 4.74 Å². The monoisotopic (exact) mass is 252 g/mol. The van der Waals surface area contributed by atoms with Crippen molar-refractivity contribution in [1.82, 2.24) is 0 Å². The summed E-state index contributed by atoms with van der Waals surface area (Å²) in [5.74, 6) is 1.65. The molecule has 0 N–H and O–H groups in total. The van der Waals surface area contributed by atoms with Crippen LogP contribution in [-0.4, -0.2) is 18.5 Å².